The van der Waals surface area contributed by atoms with Gasteiger partial charge in [-0.1, -0.05) is 0 Å². The van der Waals surface area contributed by atoms with E-state index in [-0.39, 0.29) is 11.8 Å². The van der Waals surface area contributed by atoms with Crippen LogP contribution < -0.4 is 9.80 Å². The first-order valence-electron chi connectivity index (χ1n) is 8.11. The summed E-state index contributed by atoms with van der Waals surface area (Å²) >= 11 is 0. The average molecular weight is 325 g/mol. The number of carbonyl (C=O) groups excluding carboxylic acids is 2. The van der Waals surface area contributed by atoms with E-state index in [1.807, 2.05) is 18.0 Å². The predicted molar refractivity (Wildman–Crippen MR) is 90.4 cm³/mol. The molecule has 124 valence electrons. The van der Waals surface area contributed by atoms with Gasteiger partial charge in [-0.15, -0.1) is 0 Å². The SMILES string of the molecule is CN1C(=O)Cc2cc(N3CCN(C(=O)c4ccco4)CC3)ccc21. The van der Waals surface area contributed by atoms with Crippen molar-refractivity contribution < 1.29 is 14.0 Å². The maximum atomic E-state index is 12.3. The van der Waals surface area contributed by atoms with Crippen molar-refractivity contribution in [1.82, 2.24) is 4.90 Å². The molecule has 0 spiro atoms. The van der Waals surface area contributed by atoms with Gasteiger partial charge in [0, 0.05) is 44.6 Å². The maximum Gasteiger partial charge on any atom is 0.289 e. The van der Waals surface area contributed by atoms with Crippen LogP contribution >= 0.6 is 0 Å². The quantitative estimate of drug-likeness (QED) is 0.844. The fourth-order valence-corrected chi connectivity index (χ4v) is 3.38. The van der Waals surface area contributed by atoms with Gasteiger partial charge in [-0.3, -0.25) is 9.59 Å². The molecule has 3 heterocycles. The summed E-state index contributed by atoms with van der Waals surface area (Å²) in [5.41, 5.74) is 3.19. The van der Waals surface area contributed by atoms with E-state index in [2.05, 4.69) is 17.0 Å². The number of amides is 2. The highest BCUT2D eigenvalue weighted by Crippen LogP contribution is 2.31. The molecule has 0 aliphatic carbocycles. The minimum Gasteiger partial charge on any atom is -0.459 e. The van der Waals surface area contributed by atoms with Crippen LogP contribution in [0.15, 0.2) is 41.0 Å². The van der Waals surface area contributed by atoms with E-state index in [1.165, 1.54) is 6.26 Å². The molecule has 0 saturated carbocycles. The minimum atomic E-state index is -0.0548. The van der Waals surface area contributed by atoms with Crippen molar-refractivity contribution in [2.45, 2.75) is 6.42 Å². The highest BCUT2D eigenvalue weighted by atomic mass is 16.3. The summed E-state index contributed by atoms with van der Waals surface area (Å²) in [6.45, 7) is 2.87. The summed E-state index contributed by atoms with van der Waals surface area (Å²) in [4.78, 5) is 29.9. The van der Waals surface area contributed by atoms with Crippen LogP contribution in [0.1, 0.15) is 16.1 Å². The van der Waals surface area contributed by atoms with Gasteiger partial charge in [-0.05, 0) is 35.9 Å². The van der Waals surface area contributed by atoms with Gasteiger partial charge in [0.25, 0.3) is 5.91 Å². The molecular formula is C18H19N3O3. The molecule has 0 bridgehead atoms. The third kappa shape index (κ3) is 2.44. The molecule has 24 heavy (non-hydrogen) atoms. The van der Waals surface area contributed by atoms with Crippen LogP contribution in [0.4, 0.5) is 11.4 Å². The maximum absolute atomic E-state index is 12.3. The number of hydrogen-bond donors (Lipinski definition) is 0. The summed E-state index contributed by atoms with van der Waals surface area (Å²) in [6.07, 6.45) is 1.99. The third-order valence-electron chi connectivity index (χ3n) is 4.80. The van der Waals surface area contributed by atoms with Crippen LogP contribution in [0.2, 0.25) is 0 Å². The average Bonchev–Trinajstić information content (AvgIpc) is 3.23. The standard InChI is InChI=1S/C18H19N3O3/c1-19-15-5-4-14(11-13(15)12-17(19)22)20-6-8-21(9-7-20)18(23)16-3-2-10-24-16/h2-5,10-11H,6-9,12H2,1H3. The second-order valence-electron chi connectivity index (χ2n) is 6.20. The van der Waals surface area contributed by atoms with Crippen LogP contribution in [0.3, 0.4) is 0 Å². The van der Waals surface area contributed by atoms with Gasteiger partial charge in [-0.2, -0.15) is 0 Å². The Balaban J connectivity index is 1.44. The van der Waals surface area contributed by atoms with Crippen molar-refractivity contribution >= 4 is 23.2 Å². The summed E-state index contributed by atoms with van der Waals surface area (Å²) in [7, 11) is 1.81. The third-order valence-corrected chi connectivity index (χ3v) is 4.80. The summed E-state index contributed by atoms with van der Waals surface area (Å²) in [5.74, 6) is 0.472. The van der Waals surface area contributed by atoms with E-state index in [4.69, 9.17) is 4.42 Å². The highest BCUT2D eigenvalue weighted by Gasteiger charge is 2.27. The Labute approximate surface area is 140 Å². The number of anilines is 2. The first-order valence-corrected chi connectivity index (χ1v) is 8.11. The fourth-order valence-electron chi connectivity index (χ4n) is 3.38. The lowest BCUT2D eigenvalue weighted by Gasteiger charge is -2.36. The molecule has 2 aliphatic rings. The number of furan rings is 1. The van der Waals surface area contributed by atoms with E-state index in [1.54, 1.807) is 17.0 Å². The van der Waals surface area contributed by atoms with Gasteiger partial charge < -0.3 is 19.1 Å². The lowest BCUT2D eigenvalue weighted by Crippen LogP contribution is -2.48. The Bertz CT molecular complexity index is 777. The van der Waals surface area contributed by atoms with Crippen LogP contribution in [-0.4, -0.2) is 49.9 Å². The van der Waals surface area contributed by atoms with Crippen molar-refractivity contribution in [1.29, 1.82) is 0 Å². The van der Waals surface area contributed by atoms with Crippen molar-refractivity contribution in [3.63, 3.8) is 0 Å². The number of rotatable bonds is 2. The summed E-state index contributed by atoms with van der Waals surface area (Å²) < 4.78 is 5.19. The molecule has 0 unspecified atom stereocenters. The van der Waals surface area contributed by atoms with Gasteiger partial charge in [0.2, 0.25) is 5.91 Å². The Morgan fingerprint density at radius 1 is 1.12 bits per heavy atom. The molecule has 0 radical (unpaired) electrons. The molecule has 2 aliphatic heterocycles. The Morgan fingerprint density at radius 2 is 1.92 bits per heavy atom. The van der Waals surface area contributed by atoms with Crippen LogP contribution in [-0.2, 0) is 11.2 Å². The minimum absolute atomic E-state index is 0.0548. The van der Waals surface area contributed by atoms with E-state index in [0.29, 0.717) is 25.3 Å². The molecule has 0 atom stereocenters. The van der Waals surface area contributed by atoms with Gasteiger partial charge in [0.05, 0.1) is 12.7 Å². The van der Waals surface area contributed by atoms with Crippen molar-refractivity contribution in [2.24, 2.45) is 0 Å². The highest BCUT2D eigenvalue weighted by molar-refractivity contribution is 6.01. The molecular weight excluding hydrogens is 306 g/mol. The van der Waals surface area contributed by atoms with Gasteiger partial charge in [0.1, 0.15) is 0 Å². The molecule has 6 nitrogen and oxygen atoms in total. The molecule has 0 N–H and O–H groups in total. The molecule has 1 aromatic heterocycles. The Morgan fingerprint density at radius 3 is 2.62 bits per heavy atom. The summed E-state index contributed by atoms with van der Waals surface area (Å²) in [5, 5.41) is 0. The number of likely N-dealkylation sites (N-methyl/N-ethyl adjacent to an activating group) is 1. The lowest BCUT2D eigenvalue weighted by atomic mass is 10.1. The van der Waals surface area contributed by atoms with Crippen LogP contribution in [0, 0.1) is 0 Å². The fraction of sp³-hybridized carbons (Fsp3) is 0.333. The lowest BCUT2D eigenvalue weighted by molar-refractivity contribution is -0.117. The summed E-state index contributed by atoms with van der Waals surface area (Å²) in [6, 6.07) is 9.59. The zero-order valence-electron chi connectivity index (χ0n) is 13.6. The molecule has 2 aromatic rings. The van der Waals surface area contributed by atoms with Gasteiger partial charge in [-0.25, -0.2) is 0 Å². The molecule has 4 rings (SSSR count). The molecule has 1 aromatic carbocycles. The predicted octanol–water partition coefficient (Wildman–Crippen LogP) is 1.76. The van der Waals surface area contributed by atoms with Crippen molar-refractivity contribution in [2.75, 3.05) is 43.0 Å². The monoisotopic (exact) mass is 325 g/mol. The van der Waals surface area contributed by atoms with E-state index < -0.39 is 0 Å². The number of fused-ring (bicyclic) bond motifs is 1. The molecule has 6 heteroatoms. The second kappa shape index (κ2) is 5.70. The Kier molecular flexibility index (Phi) is 3.52. The zero-order valence-corrected chi connectivity index (χ0v) is 13.6. The number of nitrogens with zero attached hydrogens (tertiary/aromatic N) is 3. The zero-order chi connectivity index (χ0) is 16.7. The number of carbonyl (C=O) groups is 2. The van der Waals surface area contributed by atoms with Crippen LogP contribution in [0.25, 0.3) is 0 Å². The number of hydrogen-bond acceptors (Lipinski definition) is 4. The number of benzene rings is 1. The normalized spacial score (nSPS) is 17.4. The first kappa shape index (κ1) is 14.8. The smallest absolute Gasteiger partial charge is 0.289 e. The van der Waals surface area contributed by atoms with E-state index in [0.717, 1.165) is 30.0 Å². The van der Waals surface area contributed by atoms with Crippen LogP contribution in [0.5, 0.6) is 0 Å². The second-order valence-corrected chi connectivity index (χ2v) is 6.20. The van der Waals surface area contributed by atoms with Crippen molar-refractivity contribution in [3.05, 3.63) is 47.9 Å². The first-order chi connectivity index (χ1) is 11.6. The van der Waals surface area contributed by atoms with E-state index in [9.17, 15) is 9.59 Å². The van der Waals surface area contributed by atoms with E-state index >= 15 is 0 Å². The molecule has 1 fully saturated rings. The van der Waals surface area contributed by atoms with Crippen molar-refractivity contribution in [3.8, 4) is 0 Å². The molecule has 2 amide bonds. The molecule has 1 saturated heterocycles. The largest absolute Gasteiger partial charge is 0.459 e. The Hall–Kier alpha value is -2.76. The number of piperazine rings is 1. The topological polar surface area (TPSA) is 57.0 Å². The van der Waals surface area contributed by atoms with Gasteiger partial charge >= 0.3 is 0 Å². The van der Waals surface area contributed by atoms with Gasteiger partial charge in [0.15, 0.2) is 5.76 Å².